The van der Waals surface area contributed by atoms with Gasteiger partial charge in [-0.2, -0.15) is 0 Å². The van der Waals surface area contributed by atoms with Crippen LogP contribution in [-0.2, 0) is 7.05 Å². The van der Waals surface area contributed by atoms with Crippen molar-refractivity contribution >= 4 is 10.8 Å². The van der Waals surface area contributed by atoms with Gasteiger partial charge in [0.05, 0.1) is 6.76 Å². The van der Waals surface area contributed by atoms with E-state index in [1.807, 2.05) is 0 Å². The lowest BCUT2D eigenvalue weighted by molar-refractivity contribution is 0.510. The molecule has 0 amide bonds. The molecule has 1 aromatic heterocycles. The second-order valence-electron chi connectivity index (χ2n) is 3.00. The van der Waals surface area contributed by atoms with Gasteiger partial charge in [-0.05, 0) is 23.6 Å². The quantitative estimate of drug-likeness (QED) is 0.629. The van der Waals surface area contributed by atoms with Crippen molar-refractivity contribution in [3.8, 4) is 0 Å². The molecule has 0 aliphatic heterocycles. The molecule has 2 aromatic rings. The van der Waals surface area contributed by atoms with E-state index in [0.717, 1.165) is 12.1 Å². The van der Waals surface area contributed by atoms with Crippen molar-refractivity contribution in [2.24, 2.45) is 7.05 Å². The third kappa shape index (κ3) is 1.19. The molecule has 72 valence electrons. The number of aryl methyl sites for hydroxylation is 1. The molecule has 0 bridgehead atoms. The van der Waals surface area contributed by atoms with Crippen LogP contribution < -0.4 is 5.56 Å². The zero-order valence-electron chi connectivity index (χ0n) is 8.34. The predicted octanol–water partition coefficient (Wildman–Crippen LogP) is 1.82. The van der Waals surface area contributed by atoms with Gasteiger partial charge in [-0.3, -0.25) is 4.79 Å². The fraction of sp³-hybridized carbons (Fsp3) is 0.100. The third-order valence-corrected chi connectivity index (χ3v) is 2.02. The van der Waals surface area contributed by atoms with E-state index in [0.29, 0.717) is 0 Å². The molecule has 0 atom stereocenters. The predicted molar refractivity (Wildman–Crippen MR) is 49.1 cm³/mol. The van der Waals surface area contributed by atoms with Gasteiger partial charge in [0.2, 0.25) is 0 Å². The lowest BCUT2D eigenvalue weighted by atomic mass is 10.1. The number of aromatic nitrogens is 1. The van der Waals surface area contributed by atoms with Crippen molar-refractivity contribution in [2.75, 3.05) is 0 Å². The van der Waals surface area contributed by atoms with Crippen LogP contribution in [-0.4, -0.2) is 4.57 Å². The Morgan fingerprint density at radius 2 is 2.00 bits per heavy atom. The number of pyridine rings is 1. The Morgan fingerprint density at radius 3 is 2.71 bits per heavy atom. The third-order valence-electron chi connectivity index (χ3n) is 2.02. The summed E-state index contributed by atoms with van der Waals surface area (Å²) >= 11 is 0. The minimum absolute atomic E-state index is 0.00833. The number of nitrogens with zero attached hydrogens (tertiary/aromatic N) is 1. The summed E-state index contributed by atoms with van der Waals surface area (Å²) in [6.07, 6.45) is 1.27. The average Bonchev–Trinajstić information content (AvgIpc) is 2.18. The number of rotatable bonds is 0. The van der Waals surface area contributed by atoms with Crippen molar-refractivity contribution in [3.63, 3.8) is 0 Å². The molecule has 1 heterocycles. The van der Waals surface area contributed by atoms with Crippen LogP contribution in [0.3, 0.4) is 0 Å². The summed E-state index contributed by atoms with van der Waals surface area (Å²) < 4.78 is 34.5. The Balaban J connectivity index is 3.04. The molecule has 1 aromatic carbocycles. The molecule has 0 spiro atoms. The van der Waals surface area contributed by atoms with Crippen LogP contribution in [0.1, 0.15) is 1.37 Å². The van der Waals surface area contributed by atoms with Gasteiger partial charge < -0.3 is 4.57 Å². The van der Waals surface area contributed by atoms with Crippen molar-refractivity contribution in [1.82, 2.24) is 4.57 Å². The van der Waals surface area contributed by atoms with Gasteiger partial charge in [-0.1, -0.05) is 0 Å². The van der Waals surface area contributed by atoms with Crippen LogP contribution in [0.2, 0.25) is 0 Å². The van der Waals surface area contributed by atoms with Gasteiger partial charge in [0.1, 0.15) is 0 Å². The maximum absolute atomic E-state index is 12.9. The van der Waals surface area contributed by atoms with E-state index in [2.05, 4.69) is 0 Å². The summed E-state index contributed by atoms with van der Waals surface area (Å²) in [5, 5.41) is 0.140. The van der Waals surface area contributed by atoms with Crippen molar-refractivity contribution < 1.29 is 10.2 Å². The monoisotopic (exact) mass is 196 g/mol. The second kappa shape index (κ2) is 2.90. The normalized spacial score (nSPS) is 11.8. The fourth-order valence-corrected chi connectivity index (χ4v) is 1.26. The summed E-state index contributed by atoms with van der Waals surface area (Å²) in [5.74, 6) is -2.13. The van der Waals surface area contributed by atoms with Gasteiger partial charge in [0.15, 0.2) is 11.6 Å². The number of benzene rings is 1. The second-order valence-corrected chi connectivity index (χ2v) is 3.00. The lowest BCUT2D eigenvalue weighted by Gasteiger charge is -2.01. The molecule has 2 rings (SSSR count). The first kappa shape index (κ1) is 7.67. The van der Waals surface area contributed by atoms with E-state index >= 15 is 0 Å². The van der Waals surface area contributed by atoms with Crippen LogP contribution in [0.4, 0.5) is 8.78 Å². The Kier molecular flexibility index (Phi) is 1.59. The molecule has 0 saturated carbocycles. The van der Waals surface area contributed by atoms with E-state index in [1.165, 1.54) is 17.8 Å². The topological polar surface area (TPSA) is 22.0 Å². The van der Waals surface area contributed by atoms with Crippen LogP contribution in [0.15, 0.2) is 29.2 Å². The minimum atomic E-state index is -1.08. The van der Waals surface area contributed by atoms with Crippen LogP contribution in [0, 0.1) is 11.6 Å². The molecule has 4 heteroatoms. The highest BCUT2D eigenvalue weighted by Gasteiger charge is 2.06. The molecular weight excluding hydrogens is 188 g/mol. The van der Waals surface area contributed by atoms with Crippen molar-refractivity contribution in [3.05, 3.63) is 46.4 Å². The van der Waals surface area contributed by atoms with Gasteiger partial charge in [0, 0.05) is 13.2 Å². The largest absolute Gasteiger partial charge is 0.318 e. The Bertz CT molecular complexity index is 606. The lowest BCUT2D eigenvalue weighted by Crippen LogP contribution is -2.15. The maximum atomic E-state index is 12.9. The molecule has 0 fully saturated rings. The number of halogens is 2. The van der Waals surface area contributed by atoms with Crippen LogP contribution in [0.25, 0.3) is 10.8 Å². The molecule has 0 N–H and O–H groups in total. The number of fused-ring (bicyclic) bond motifs is 1. The summed E-state index contributed by atoms with van der Waals surface area (Å²) in [4.78, 5) is 11.5. The van der Waals surface area contributed by atoms with Crippen molar-refractivity contribution in [1.29, 1.82) is 0 Å². The summed E-state index contributed by atoms with van der Waals surface area (Å²) in [6.45, 7) is 0. The number of hydrogen-bond acceptors (Lipinski definition) is 1. The van der Waals surface area contributed by atoms with E-state index in [1.54, 1.807) is 0 Å². The highest BCUT2D eigenvalue weighted by atomic mass is 19.2. The Hall–Kier alpha value is -1.71. The highest BCUT2D eigenvalue weighted by molar-refractivity contribution is 5.81. The van der Waals surface area contributed by atoms with Crippen LogP contribution in [0.5, 0.6) is 0 Å². The zero-order chi connectivity index (χ0) is 11.2. The Morgan fingerprint density at radius 1 is 1.36 bits per heavy atom. The molecule has 14 heavy (non-hydrogen) atoms. The molecule has 0 saturated heterocycles. The van der Waals surface area contributed by atoms with E-state index in [4.69, 9.17) is 1.37 Å². The Labute approximate surface area is 79.8 Å². The SMILES string of the molecule is [2H]c1cn(C)c(=O)c2cc(F)c(F)cc12. The first-order chi connectivity index (χ1) is 7.00. The molecule has 2 nitrogen and oxygen atoms in total. The van der Waals surface area contributed by atoms with E-state index in [-0.39, 0.29) is 16.8 Å². The van der Waals surface area contributed by atoms with Gasteiger partial charge in [-0.15, -0.1) is 0 Å². The molecule has 0 radical (unpaired) electrons. The highest BCUT2D eigenvalue weighted by Crippen LogP contribution is 2.14. The zero-order valence-corrected chi connectivity index (χ0v) is 7.34. The first-order valence-corrected chi connectivity index (χ1v) is 3.95. The summed E-state index contributed by atoms with van der Waals surface area (Å²) in [6, 6.07) is 1.69. The minimum Gasteiger partial charge on any atom is -0.318 e. The van der Waals surface area contributed by atoms with Gasteiger partial charge in [-0.25, -0.2) is 8.78 Å². The van der Waals surface area contributed by atoms with Gasteiger partial charge in [0.25, 0.3) is 5.56 Å². The first-order valence-electron chi connectivity index (χ1n) is 4.45. The molecular formula is C10H7F2NO. The summed E-state index contributed by atoms with van der Waals surface area (Å²) in [7, 11) is 1.46. The standard InChI is InChI=1S/C10H7F2NO/c1-13-3-2-6-4-8(11)9(12)5-7(6)10(13)14/h2-5H,1H3/i2D. The molecule has 0 aliphatic rings. The molecule has 0 aliphatic carbocycles. The van der Waals surface area contributed by atoms with Gasteiger partial charge >= 0.3 is 0 Å². The van der Waals surface area contributed by atoms with E-state index in [9.17, 15) is 13.6 Å². The maximum Gasteiger partial charge on any atom is 0.258 e. The van der Waals surface area contributed by atoms with Crippen LogP contribution >= 0.6 is 0 Å². The number of hydrogen-bond donors (Lipinski definition) is 0. The smallest absolute Gasteiger partial charge is 0.258 e. The van der Waals surface area contributed by atoms with Crippen molar-refractivity contribution in [2.45, 2.75) is 0 Å². The fourth-order valence-electron chi connectivity index (χ4n) is 1.26. The summed E-state index contributed by atoms with van der Waals surface area (Å²) in [5.41, 5.74) is -0.445. The average molecular weight is 196 g/mol. The van der Waals surface area contributed by atoms with E-state index < -0.39 is 17.2 Å². The molecule has 0 unspecified atom stereocenters.